The highest BCUT2D eigenvalue weighted by molar-refractivity contribution is 6.00. The van der Waals surface area contributed by atoms with Crippen molar-refractivity contribution in [2.45, 2.75) is 26.7 Å². The van der Waals surface area contributed by atoms with Gasteiger partial charge in [-0.3, -0.25) is 4.79 Å². The minimum atomic E-state index is -0.855. The molecular formula is C23H24N2O4. The lowest BCUT2D eigenvalue weighted by Gasteiger charge is -2.09. The maximum absolute atomic E-state index is 12.1. The highest BCUT2D eigenvalue weighted by atomic mass is 16.5. The number of nitrogens with zero attached hydrogens (tertiary/aromatic N) is 1. The number of hydrogen-bond acceptors (Lipinski definition) is 5. The van der Waals surface area contributed by atoms with Gasteiger partial charge in [0.1, 0.15) is 17.4 Å². The van der Waals surface area contributed by atoms with Gasteiger partial charge in [0, 0.05) is 5.69 Å². The van der Waals surface area contributed by atoms with Gasteiger partial charge < -0.3 is 14.8 Å². The topological polar surface area (TPSA) is 88.4 Å². The first-order valence-corrected chi connectivity index (χ1v) is 9.34. The first kappa shape index (κ1) is 21.7. The molecule has 0 saturated carbocycles. The van der Waals surface area contributed by atoms with Gasteiger partial charge in [0.25, 0.3) is 5.91 Å². The van der Waals surface area contributed by atoms with Gasteiger partial charge in [0.15, 0.2) is 6.61 Å². The Morgan fingerprint density at radius 3 is 2.31 bits per heavy atom. The van der Waals surface area contributed by atoms with Crippen LogP contribution in [0, 0.1) is 11.3 Å². The third-order valence-electron chi connectivity index (χ3n) is 4.04. The van der Waals surface area contributed by atoms with Crippen LogP contribution in [0.3, 0.4) is 0 Å². The Balaban J connectivity index is 1.91. The van der Waals surface area contributed by atoms with Crippen LogP contribution in [0.15, 0.2) is 54.1 Å². The van der Waals surface area contributed by atoms with E-state index in [4.69, 9.17) is 9.47 Å². The molecule has 1 amide bonds. The molecule has 0 aromatic heterocycles. The van der Waals surface area contributed by atoms with E-state index in [9.17, 15) is 14.9 Å². The van der Waals surface area contributed by atoms with Crippen molar-refractivity contribution in [1.29, 1.82) is 5.26 Å². The van der Waals surface area contributed by atoms with Gasteiger partial charge in [-0.05, 0) is 54.3 Å². The fraction of sp³-hybridized carbons (Fsp3) is 0.261. The lowest BCUT2D eigenvalue weighted by molar-refractivity contribution is -0.142. The smallest absolute Gasteiger partial charge is 0.349 e. The van der Waals surface area contributed by atoms with E-state index >= 15 is 0 Å². The van der Waals surface area contributed by atoms with Crippen LogP contribution in [0.25, 0.3) is 6.08 Å². The Hall–Kier alpha value is -3.59. The normalized spacial score (nSPS) is 10.9. The summed E-state index contributed by atoms with van der Waals surface area (Å²) in [6.07, 6.45) is 1.40. The minimum absolute atomic E-state index is 0.191. The second-order valence-electron chi connectivity index (χ2n) is 6.57. The molecule has 6 heteroatoms. The predicted octanol–water partition coefficient (Wildman–Crippen LogP) is 4.30. The second-order valence-corrected chi connectivity index (χ2v) is 6.57. The molecule has 0 aliphatic carbocycles. The predicted molar refractivity (Wildman–Crippen MR) is 111 cm³/mol. The molecule has 0 bridgehead atoms. The van der Waals surface area contributed by atoms with E-state index in [2.05, 4.69) is 19.2 Å². The Morgan fingerprint density at radius 1 is 1.10 bits per heavy atom. The Morgan fingerprint density at radius 2 is 1.76 bits per heavy atom. The number of hydrogen-bond donors (Lipinski definition) is 1. The number of nitrogens with one attached hydrogen (secondary N) is 1. The quantitative estimate of drug-likeness (QED) is 0.411. The number of esters is 1. The summed E-state index contributed by atoms with van der Waals surface area (Å²) in [7, 11) is 0. The fourth-order valence-corrected chi connectivity index (χ4v) is 2.49. The maximum Gasteiger partial charge on any atom is 0.349 e. The molecule has 0 spiro atoms. The molecule has 0 radical (unpaired) electrons. The van der Waals surface area contributed by atoms with Gasteiger partial charge in [-0.1, -0.05) is 38.1 Å². The van der Waals surface area contributed by atoms with Gasteiger partial charge in [-0.2, -0.15) is 5.26 Å². The van der Waals surface area contributed by atoms with Gasteiger partial charge in [-0.15, -0.1) is 0 Å². The number of nitriles is 1. The van der Waals surface area contributed by atoms with E-state index in [1.54, 1.807) is 42.5 Å². The summed E-state index contributed by atoms with van der Waals surface area (Å²) < 4.78 is 10.3. The van der Waals surface area contributed by atoms with Crippen LogP contribution < -0.4 is 10.1 Å². The van der Waals surface area contributed by atoms with E-state index in [-0.39, 0.29) is 5.57 Å². The Bertz CT molecular complexity index is 907. The van der Waals surface area contributed by atoms with Crippen molar-refractivity contribution in [2.24, 2.45) is 0 Å². The van der Waals surface area contributed by atoms with Crippen molar-refractivity contribution in [3.8, 4) is 11.8 Å². The number of amides is 1. The largest absolute Gasteiger partial charge is 0.494 e. The molecule has 150 valence electrons. The van der Waals surface area contributed by atoms with E-state index in [1.807, 2.05) is 19.1 Å². The molecule has 2 rings (SSSR count). The van der Waals surface area contributed by atoms with Crippen LogP contribution in [0.5, 0.6) is 5.75 Å². The van der Waals surface area contributed by atoms with E-state index in [0.29, 0.717) is 29.5 Å². The summed E-state index contributed by atoms with van der Waals surface area (Å²) >= 11 is 0. The molecule has 2 aromatic carbocycles. The van der Waals surface area contributed by atoms with Gasteiger partial charge >= 0.3 is 5.97 Å². The standard InChI is InChI=1S/C23H24N2O4/c1-4-28-21-11-5-17(6-12-21)13-19(14-24)23(27)29-15-22(26)25-20-9-7-18(8-10-20)16(2)3/h5-13,16H,4,15H2,1-3H3,(H,25,26)/b19-13+. The van der Waals surface area contributed by atoms with Crippen LogP contribution in [0.1, 0.15) is 37.8 Å². The number of rotatable bonds is 8. The zero-order valence-corrected chi connectivity index (χ0v) is 16.8. The van der Waals surface area contributed by atoms with Crippen LogP contribution in [0.4, 0.5) is 5.69 Å². The first-order chi connectivity index (χ1) is 13.9. The summed E-state index contributed by atoms with van der Waals surface area (Å²) in [6.45, 7) is 6.12. The van der Waals surface area contributed by atoms with Gasteiger partial charge in [-0.25, -0.2) is 4.79 Å². The molecular weight excluding hydrogens is 368 g/mol. The fourth-order valence-electron chi connectivity index (χ4n) is 2.49. The summed E-state index contributed by atoms with van der Waals surface area (Å²) in [5, 5.41) is 11.9. The number of carbonyl (C=O) groups excluding carboxylic acids is 2. The molecule has 0 saturated heterocycles. The summed E-state index contributed by atoms with van der Waals surface area (Å²) in [5.41, 5.74) is 2.23. The summed E-state index contributed by atoms with van der Waals surface area (Å²) in [4.78, 5) is 24.1. The number of anilines is 1. The molecule has 2 aromatic rings. The van der Waals surface area contributed by atoms with E-state index in [1.165, 1.54) is 6.08 Å². The lowest BCUT2D eigenvalue weighted by Crippen LogP contribution is -2.21. The van der Waals surface area contributed by atoms with Crippen molar-refractivity contribution in [1.82, 2.24) is 0 Å². The van der Waals surface area contributed by atoms with Crippen molar-refractivity contribution in [3.63, 3.8) is 0 Å². The SMILES string of the molecule is CCOc1ccc(/C=C(\C#N)C(=O)OCC(=O)Nc2ccc(C(C)C)cc2)cc1. The molecule has 1 N–H and O–H groups in total. The third kappa shape index (κ3) is 6.82. The molecule has 0 aliphatic heterocycles. The minimum Gasteiger partial charge on any atom is -0.494 e. The highest BCUT2D eigenvalue weighted by Gasteiger charge is 2.13. The average molecular weight is 392 g/mol. The maximum atomic E-state index is 12.1. The van der Waals surface area contributed by atoms with Crippen molar-refractivity contribution >= 4 is 23.6 Å². The number of carbonyl (C=O) groups is 2. The molecule has 0 fully saturated rings. The van der Waals surface area contributed by atoms with Crippen molar-refractivity contribution in [3.05, 3.63) is 65.2 Å². The van der Waals surface area contributed by atoms with Crippen molar-refractivity contribution in [2.75, 3.05) is 18.5 Å². The molecule has 0 heterocycles. The molecule has 0 unspecified atom stereocenters. The first-order valence-electron chi connectivity index (χ1n) is 9.34. The van der Waals surface area contributed by atoms with Crippen molar-refractivity contribution < 1.29 is 19.1 Å². The van der Waals surface area contributed by atoms with E-state index in [0.717, 1.165) is 5.56 Å². The number of ether oxygens (including phenoxy) is 2. The van der Waals surface area contributed by atoms with Crippen LogP contribution in [-0.2, 0) is 14.3 Å². The van der Waals surface area contributed by atoms with Crippen LogP contribution >= 0.6 is 0 Å². The Kier molecular flexibility index (Phi) is 7.99. The van der Waals surface area contributed by atoms with Gasteiger partial charge in [0.05, 0.1) is 6.61 Å². The molecule has 29 heavy (non-hydrogen) atoms. The summed E-state index contributed by atoms with van der Waals surface area (Å²) in [6, 6.07) is 16.2. The zero-order chi connectivity index (χ0) is 21.2. The monoisotopic (exact) mass is 392 g/mol. The highest BCUT2D eigenvalue weighted by Crippen LogP contribution is 2.17. The van der Waals surface area contributed by atoms with Gasteiger partial charge in [0.2, 0.25) is 0 Å². The number of benzene rings is 2. The zero-order valence-electron chi connectivity index (χ0n) is 16.8. The lowest BCUT2D eigenvalue weighted by atomic mass is 10.0. The molecule has 0 aliphatic rings. The van der Waals surface area contributed by atoms with E-state index < -0.39 is 18.5 Å². The molecule has 6 nitrogen and oxygen atoms in total. The molecule has 0 atom stereocenters. The summed E-state index contributed by atoms with van der Waals surface area (Å²) in [5.74, 6) is -0.239. The third-order valence-corrected chi connectivity index (χ3v) is 4.04. The average Bonchev–Trinajstić information content (AvgIpc) is 2.72. The van der Waals surface area contributed by atoms with Crippen LogP contribution in [-0.4, -0.2) is 25.1 Å². The van der Waals surface area contributed by atoms with Crippen LogP contribution in [0.2, 0.25) is 0 Å². The Labute approximate surface area is 170 Å². The second kappa shape index (κ2) is 10.7.